The number of nitrogens with one attached hydrogen (secondary N) is 1. The Morgan fingerprint density at radius 1 is 1.16 bits per heavy atom. The molecule has 0 atom stereocenters. The van der Waals surface area contributed by atoms with Gasteiger partial charge in [0.25, 0.3) is 0 Å². The monoisotopic (exact) mass is 256 g/mol. The van der Waals surface area contributed by atoms with Crippen molar-refractivity contribution in [3.05, 3.63) is 65.3 Å². The summed E-state index contributed by atoms with van der Waals surface area (Å²) in [6.07, 6.45) is 1.63. The maximum Gasteiger partial charge on any atom is 0.345 e. The third-order valence-corrected chi connectivity index (χ3v) is 2.42. The number of nitrogens with zero attached hydrogens (tertiary/aromatic N) is 3. The second-order valence-electron chi connectivity index (χ2n) is 3.71. The predicted molar refractivity (Wildman–Crippen MR) is 71.2 cm³/mol. The number of hydrogen-bond acceptors (Lipinski definition) is 4. The molecule has 0 aliphatic carbocycles. The number of anilines is 1. The van der Waals surface area contributed by atoms with Crippen LogP contribution in [0.1, 0.15) is 5.69 Å². The van der Waals surface area contributed by atoms with Gasteiger partial charge in [-0.2, -0.15) is 0 Å². The Bertz CT molecular complexity index is 545. The maximum atomic E-state index is 11.8. The minimum atomic E-state index is -0.591. The van der Waals surface area contributed by atoms with E-state index in [1.165, 1.54) is 0 Å². The fraction of sp³-hybridized carbons (Fsp3) is 0.0769. The lowest BCUT2D eigenvalue weighted by Gasteiger charge is -2.13. The van der Waals surface area contributed by atoms with Crippen LogP contribution < -0.4 is 10.3 Å². The van der Waals surface area contributed by atoms with Gasteiger partial charge in [-0.15, -0.1) is 9.92 Å². The van der Waals surface area contributed by atoms with E-state index in [0.717, 1.165) is 5.01 Å². The average Bonchev–Trinajstić information content (AvgIpc) is 2.48. The minimum absolute atomic E-state index is 0.235. The van der Waals surface area contributed by atoms with Crippen molar-refractivity contribution < 1.29 is 4.79 Å². The van der Waals surface area contributed by atoms with Gasteiger partial charge >= 0.3 is 6.03 Å². The summed E-state index contributed by atoms with van der Waals surface area (Å²) in [5, 5.41) is 6.07. The molecule has 0 saturated carbocycles. The van der Waals surface area contributed by atoms with Crippen molar-refractivity contribution in [3.63, 3.8) is 0 Å². The topological polar surface area (TPSA) is 74.7 Å². The molecule has 0 saturated heterocycles. The fourth-order valence-corrected chi connectivity index (χ4v) is 1.51. The summed E-state index contributed by atoms with van der Waals surface area (Å²) >= 11 is 0. The van der Waals surface area contributed by atoms with Crippen molar-refractivity contribution in [1.82, 2.24) is 10.3 Å². The summed E-state index contributed by atoms with van der Waals surface area (Å²) in [6.45, 7) is 0.235. The Morgan fingerprint density at radius 2 is 1.89 bits per heavy atom. The number of urea groups is 1. The normalized spacial score (nSPS) is 9.68. The molecule has 0 radical (unpaired) electrons. The lowest BCUT2D eigenvalue weighted by molar-refractivity contribution is 0.246. The van der Waals surface area contributed by atoms with E-state index in [-0.39, 0.29) is 6.54 Å². The Labute approximate surface area is 110 Å². The smallest absolute Gasteiger partial charge is 0.330 e. The van der Waals surface area contributed by atoms with E-state index in [1.807, 2.05) is 6.07 Å². The third-order valence-electron chi connectivity index (χ3n) is 2.42. The molecule has 6 nitrogen and oxygen atoms in total. The Hall–Kier alpha value is -2.76. The molecule has 96 valence electrons. The SMILES string of the molecule is O=NN(C(=O)NCc1ccccn1)c1ccccc1. The summed E-state index contributed by atoms with van der Waals surface area (Å²) < 4.78 is 0. The predicted octanol–water partition coefficient (Wildman–Crippen LogP) is 2.48. The van der Waals surface area contributed by atoms with Crippen molar-refractivity contribution in [2.45, 2.75) is 6.54 Å². The number of carbonyl (C=O) groups excluding carboxylic acids is 1. The molecule has 19 heavy (non-hydrogen) atoms. The van der Waals surface area contributed by atoms with E-state index in [0.29, 0.717) is 11.4 Å². The van der Waals surface area contributed by atoms with Crippen LogP contribution in [0.4, 0.5) is 10.5 Å². The summed E-state index contributed by atoms with van der Waals surface area (Å²) in [5.41, 5.74) is 1.12. The lowest BCUT2D eigenvalue weighted by atomic mass is 10.3. The first kappa shape index (κ1) is 12.7. The van der Waals surface area contributed by atoms with E-state index in [9.17, 15) is 9.70 Å². The summed E-state index contributed by atoms with van der Waals surface area (Å²) in [6, 6.07) is 13.3. The molecule has 0 aliphatic rings. The molecule has 0 unspecified atom stereocenters. The molecule has 2 amide bonds. The van der Waals surface area contributed by atoms with Crippen molar-refractivity contribution in [3.8, 4) is 0 Å². The summed E-state index contributed by atoms with van der Waals surface area (Å²) in [7, 11) is 0. The fourth-order valence-electron chi connectivity index (χ4n) is 1.51. The molecule has 1 aromatic heterocycles. The number of rotatable bonds is 4. The zero-order valence-corrected chi connectivity index (χ0v) is 10.1. The second-order valence-corrected chi connectivity index (χ2v) is 3.71. The highest BCUT2D eigenvalue weighted by molar-refractivity contribution is 5.91. The summed E-state index contributed by atoms with van der Waals surface area (Å²) in [4.78, 5) is 26.7. The first-order valence-corrected chi connectivity index (χ1v) is 5.67. The number of para-hydroxylation sites is 1. The van der Waals surface area contributed by atoms with E-state index in [4.69, 9.17) is 0 Å². The summed E-state index contributed by atoms with van der Waals surface area (Å²) in [5.74, 6) is 0. The molecule has 2 rings (SSSR count). The Balaban J connectivity index is 2.00. The van der Waals surface area contributed by atoms with Gasteiger partial charge in [0, 0.05) is 6.20 Å². The van der Waals surface area contributed by atoms with Crippen LogP contribution in [0.5, 0.6) is 0 Å². The molecule has 0 aliphatic heterocycles. The number of nitroso groups, excluding NO2 is 1. The van der Waals surface area contributed by atoms with Crippen LogP contribution in [-0.4, -0.2) is 11.0 Å². The number of carbonyl (C=O) groups is 1. The van der Waals surface area contributed by atoms with E-state index >= 15 is 0 Å². The zero-order valence-electron chi connectivity index (χ0n) is 10.1. The number of aromatic nitrogens is 1. The Kier molecular flexibility index (Phi) is 4.17. The molecule has 0 spiro atoms. The minimum Gasteiger partial charge on any atom is -0.330 e. The van der Waals surface area contributed by atoms with Crippen LogP contribution in [-0.2, 0) is 6.54 Å². The van der Waals surface area contributed by atoms with Crippen LogP contribution in [0.2, 0.25) is 0 Å². The van der Waals surface area contributed by atoms with Crippen LogP contribution in [0.15, 0.2) is 60.0 Å². The number of pyridine rings is 1. The molecule has 2 aromatic rings. The van der Waals surface area contributed by atoms with Gasteiger partial charge in [-0.1, -0.05) is 24.3 Å². The molecule has 6 heteroatoms. The second kappa shape index (κ2) is 6.25. The zero-order chi connectivity index (χ0) is 13.5. The molecular formula is C13H12N4O2. The lowest BCUT2D eigenvalue weighted by Crippen LogP contribution is -2.36. The number of benzene rings is 1. The van der Waals surface area contributed by atoms with Crippen molar-refractivity contribution in [2.75, 3.05) is 5.01 Å². The molecule has 1 N–H and O–H groups in total. The van der Waals surface area contributed by atoms with Crippen molar-refractivity contribution in [1.29, 1.82) is 0 Å². The van der Waals surface area contributed by atoms with Gasteiger partial charge in [0.1, 0.15) is 0 Å². The molecule has 0 fully saturated rings. The highest BCUT2D eigenvalue weighted by atomic mass is 16.3. The molecule has 1 aromatic carbocycles. The van der Waals surface area contributed by atoms with Crippen molar-refractivity contribution in [2.24, 2.45) is 5.29 Å². The highest BCUT2D eigenvalue weighted by Gasteiger charge is 2.15. The first-order valence-electron chi connectivity index (χ1n) is 5.67. The number of amides is 2. The van der Waals surface area contributed by atoms with Gasteiger partial charge in [0.05, 0.1) is 23.2 Å². The molecular weight excluding hydrogens is 244 g/mol. The van der Waals surface area contributed by atoms with Crippen LogP contribution in [0.3, 0.4) is 0 Å². The number of hydrogen-bond donors (Lipinski definition) is 1. The van der Waals surface area contributed by atoms with Gasteiger partial charge in [-0.05, 0) is 24.3 Å². The van der Waals surface area contributed by atoms with Gasteiger partial charge in [-0.25, -0.2) is 4.79 Å². The average molecular weight is 256 g/mol. The highest BCUT2D eigenvalue weighted by Crippen LogP contribution is 2.13. The quantitative estimate of drug-likeness (QED) is 0.674. The van der Waals surface area contributed by atoms with Crippen molar-refractivity contribution >= 4 is 11.7 Å². The van der Waals surface area contributed by atoms with Crippen LogP contribution in [0, 0.1) is 4.91 Å². The van der Waals surface area contributed by atoms with Gasteiger partial charge < -0.3 is 5.32 Å². The third kappa shape index (κ3) is 3.35. The van der Waals surface area contributed by atoms with Crippen LogP contribution >= 0.6 is 0 Å². The van der Waals surface area contributed by atoms with Gasteiger partial charge in [0.15, 0.2) is 0 Å². The van der Waals surface area contributed by atoms with Gasteiger partial charge in [0.2, 0.25) is 0 Å². The first-order chi connectivity index (χ1) is 9.31. The van der Waals surface area contributed by atoms with E-state index < -0.39 is 6.03 Å². The van der Waals surface area contributed by atoms with E-state index in [1.54, 1.807) is 48.7 Å². The molecule has 0 bridgehead atoms. The van der Waals surface area contributed by atoms with E-state index in [2.05, 4.69) is 15.6 Å². The van der Waals surface area contributed by atoms with Crippen LogP contribution in [0.25, 0.3) is 0 Å². The Morgan fingerprint density at radius 3 is 2.53 bits per heavy atom. The molecule has 1 heterocycles. The largest absolute Gasteiger partial charge is 0.345 e. The van der Waals surface area contributed by atoms with Gasteiger partial charge in [-0.3, -0.25) is 4.98 Å². The maximum absolute atomic E-state index is 11.8. The standard InChI is InChI=1S/C13H12N4O2/c18-13(15-10-11-6-4-5-9-14-11)17(16-19)12-7-2-1-3-8-12/h1-9H,10H2,(H,15,18).